The lowest BCUT2D eigenvalue weighted by atomic mass is 10.0. The lowest BCUT2D eigenvalue weighted by Crippen LogP contribution is -2.29. The Bertz CT molecular complexity index is 478. The normalized spacial score (nSPS) is 18.6. The maximum atomic E-state index is 11.9. The van der Waals surface area contributed by atoms with Crippen molar-refractivity contribution < 1.29 is 9.53 Å². The third-order valence-corrected chi connectivity index (χ3v) is 3.49. The number of likely N-dealkylation sites (tertiary alicyclic amines) is 1. The predicted molar refractivity (Wildman–Crippen MR) is 76.6 cm³/mol. The van der Waals surface area contributed by atoms with E-state index in [-0.39, 0.29) is 5.91 Å². The summed E-state index contributed by atoms with van der Waals surface area (Å²) in [5, 5.41) is 3.03. The van der Waals surface area contributed by atoms with Crippen molar-refractivity contribution in [1.29, 1.82) is 0 Å². The van der Waals surface area contributed by atoms with Gasteiger partial charge in [0.25, 0.3) is 0 Å². The van der Waals surface area contributed by atoms with Gasteiger partial charge in [0.1, 0.15) is 11.6 Å². The van der Waals surface area contributed by atoms with E-state index in [9.17, 15) is 4.79 Å². The molecule has 1 aromatic heterocycles. The van der Waals surface area contributed by atoms with Crippen molar-refractivity contribution in [1.82, 2.24) is 14.9 Å². The molecule has 2 rings (SSSR count). The molecule has 1 unspecified atom stereocenters. The summed E-state index contributed by atoms with van der Waals surface area (Å²) in [5.41, 5.74) is 0.944. The standard InChI is InChI=1S/C14H22N4O2/c1-10-6-12(15-2)17-13(16-10)7-11-8-14(19)18(9-11)4-5-20-3/h6,11H,4-5,7-9H2,1-3H3,(H,15,16,17). The molecule has 20 heavy (non-hydrogen) atoms. The molecule has 0 bridgehead atoms. The fraction of sp³-hybridized carbons (Fsp3) is 0.643. The highest BCUT2D eigenvalue weighted by Gasteiger charge is 2.29. The van der Waals surface area contributed by atoms with Crippen LogP contribution in [0.5, 0.6) is 0 Å². The van der Waals surface area contributed by atoms with Crippen LogP contribution in [0.1, 0.15) is 17.9 Å². The molecule has 6 heteroatoms. The van der Waals surface area contributed by atoms with Crippen molar-refractivity contribution in [2.75, 3.05) is 39.2 Å². The maximum Gasteiger partial charge on any atom is 0.223 e. The Hall–Kier alpha value is -1.69. The van der Waals surface area contributed by atoms with E-state index in [1.165, 1.54) is 0 Å². The van der Waals surface area contributed by atoms with E-state index in [2.05, 4.69) is 15.3 Å². The Kier molecular flexibility index (Phi) is 4.89. The SMILES string of the molecule is CNc1cc(C)nc(CC2CC(=O)N(CCOC)C2)n1. The van der Waals surface area contributed by atoms with Gasteiger partial charge in [0.05, 0.1) is 6.61 Å². The van der Waals surface area contributed by atoms with Crippen molar-refractivity contribution >= 4 is 11.7 Å². The molecule has 0 aromatic carbocycles. The molecular formula is C14H22N4O2. The minimum Gasteiger partial charge on any atom is -0.383 e. The second-order valence-electron chi connectivity index (χ2n) is 5.17. The Balaban J connectivity index is 1.97. The third kappa shape index (κ3) is 3.66. The number of nitrogens with one attached hydrogen (secondary N) is 1. The molecule has 1 aliphatic rings. The summed E-state index contributed by atoms with van der Waals surface area (Å²) >= 11 is 0. The van der Waals surface area contributed by atoms with Crippen LogP contribution in [0.15, 0.2) is 6.07 Å². The average Bonchev–Trinajstić information content (AvgIpc) is 2.75. The molecule has 110 valence electrons. The van der Waals surface area contributed by atoms with Crippen LogP contribution >= 0.6 is 0 Å². The van der Waals surface area contributed by atoms with Crippen LogP contribution in [-0.2, 0) is 16.0 Å². The highest BCUT2D eigenvalue weighted by molar-refractivity contribution is 5.78. The lowest BCUT2D eigenvalue weighted by molar-refractivity contribution is -0.128. The first-order chi connectivity index (χ1) is 9.62. The van der Waals surface area contributed by atoms with E-state index in [0.29, 0.717) is 25.5 Å². The maximum absolute atomic E-state index is 11.9. The van der Waals surface area contributed by atoms with Crippen molar-refractivity contribution in [3.05, 3.63) is 17.6 Å². The van der Waals surface area contributed by atoms with Crippen molar-refractivity contribution in [3.63, 3.8) is 0 Å². The van der Waals surface area contributed by atoms with Gasteiger partial charge < -0.3 is 15.0 Å². The first-order valence-corrected chi connectivity index (χ1v) is 6.91. The van der Waals surface area contributed by atoms with Crippen LogP contribution in [0.2, 0.25) is 0 Å². The zero-order valence-corrected chi connectivity index (χ0v) is 12.3. The van der Waals surface area contributed by atoms with E-state index in [0.717, 1.165) is 30.3 Å². The highest BCUT2D eigenvalue weighted by atomic mass is 16.5. The molecule has 0 saturated carbocycles. The van der Waals surface area contributed by atoms with Gasteiger partial charge in [-0.05, 0) is 12.8 Å². The summed E-state index contributed by atoms with van der Waals surface area (Å²) in [6.45, 7) is 3.98. The molecule has 1 saturated heterocycles. The average molecular weight is 278 g/mol. The Morgan fingerprint density at radius 3 is 3.00 bits per heavy atom. The van der Waals surface area contributed by atoms with Gasteiger partial charge in [-0.2, -0.15) is 0 Å². The van der Waals surface area contributed by atoms with Gasteiger partial charge in [-0.3, -0.25) is 4.79 Å². The first kappa shape index (κ1) is 14.7. The second-order valence-corrected chi connectivity index (χ2v) is 5.17. The molecule has 1 amide bonds. The van der Waals surface area contributed by atoms with Crippen molar-refractivity contribution in [2.24, 2.45) is 5.92 Å². The zero-order valence-electron chi connectivity index (χ0n) is 12.3. The van der Waals surface area contributed by atoms with Gasteiger partial charge in [0.15, 0.2) is 0 Å². The van der Waals surface area contributed by atoms with E-state index >= 15 is 0 Å². The van der Waals surface area contributed by atoms with Crippen molar-refractivity contribution in [3.8, 4) is 0 Å². The minimum absolute atomic E-state index is 0.202. The molecular weight excluding hydrogens is 256 g/mol. The van der Waals surface area contributed by atoms with Gasteiger partial charge in [-0.15, -0.1) is 0 Å². The predicted octanol–water partition coefficient (Wildman–Crippen LogP) is 0.864. The Morgan fingerprint density at radius 2 is 2.30 bits per heavy atom. The number of carbonyl (C=O) groups excluding carboxylic acids is 1. The van der Waals surface area contributed by atoms with Gasteiger partial charge in [-0.1, -0.05) is 0 Å². The molecule has 1 aromatic rings. The number of nitrogens with zero attached hydrogens (tertiary/aromatic N) is 3. The van der Waals surface area contributed by atoms with E-state index in [4.69, 9.17) is 4.74 Å². The number of rotatable bonds is 6. The molecule has 2 heterocycles. The number of anilines is 1. The number of ether oxygens (including phenoxy) is 1. The van der Waals surface area contributed by atoms with Gasteiger partial charge in [-0.25, -0.2) is 9.97 Å². The summed E-state index contributed by atoms with van der Waals surface area (Å²) in [4.78, 5) is 22.7. The number of hydrogen-bond acceptors (Lipinski definition) is 5. The van der Waals surface area contributed by atoms with E-state index in [1.807, 2.05) is 24.9 Å². The first-order valence-electron chi connectivity index (χ1n) is 6.91. The van der Waals surface area contributed by atoms with Crippen LogP contribution in [-0.4, -0.2) is 54.6 Å². The minimum atomic E-state index is 0.202. The number of aryl methyl sites for hydroxylation is 1. The Morgan fingerprint density at radius 1 is 1.50 bits per heavy atom. The molecule has 1 atom stereocenters. The molecule has 0 spiro atoms. The number of carbonyl (C=O) groups is 1. The lowest BCUT2D eigenvalue weighted by Gasteiger charge is -2.15. The second kappa shape index (κ2) is 6.65. The molecule has 0 aliphatic carbocycles. The largest absolute Gasteiger partial charge is 0.383 e. The van der Waals surface area contributed by atoms with E-state index in [1.54, 1.807) is 7.11 Å². The topological polar surface area (TPSA) is 67.4 Å². The van der Waals surface area contributed by atoms with Gasteiger partial charge >= 0.3 is 0 Å². The summed E-state index contributed by atoms with van der Waals surface area (Å²) < 4.78 is 5.02. The fourth-order valence-corrected chi connectivity index (χ4v) is 2.52. The molecule has 1 aliphatic heterocycles. The number of amides is 1. The number of methoxy groups -OCH3 is 1. The Labute approximate surface area is 119 Å². The third-order valence-electron chi connectivity index (χ3n) is 3.49. The van der Waals surface area contributed by atoms with Crippen LogP contribution in [0.25, 0.3) is 0 Å². The monoisotopic (exact) mass is 278 g/mol. The summed E-state index contributed by atoms with van der Waals surface area (Å²) in [7, 11) is 3.50. The zero-order chi connectivity index (χ0) is 14.5. The van der Waals surface area contributed by atoms with Gasteiger partial charge in [0, 0.05) is 51.8 Å². The van der Waals surface area contributed by atoms with Crippen LogP contribution < -0.4 is 5.32 Å². The smallest absolute Gasteiger partial charge is 0.223 e. The molecule has 1 fully saturated rings. The summed E-state index contributed by atoms with van der Waals surface area (Å²) in [6.07, 6.45) is 1.32. The summed E-state index contributed by atoms with van der Waals surface area (Å²) in [5.74, 6) is 2.13. The van der Waals surface area contributed by atoms with Crippen LogP contribution in [0.3, 0.4) is 0 Å². The van der Waals surface area contributed by atoms with E-state index < -0.39 is 0 Å². The van der Waals surface area contributed by atoms with Gasteiger partial charge in [0.2, 0.25) is 5.91 Å². The van der Waals surface area contributed by atoms with Crippen molar-refractivity contribution in [2.45, 2.75) is 19.8 Å². The molecule has 1 N–H and O–H groups in total. The van der Waals surface area contributed by atoms with Crippen LogP contribution in [0.4, 0.5) is 5.82 Å². The molecule has 0 radical (unpaired) electrons. The fourth-order valence-electron chi connectivity index (χ4n) is 2.52. The van der Waals surface area contributed by atoms with Crippen LogP contribution in [0, 0.1) is 12.8 Å². The molecule has 6 nitrogen and oxygen atoms in total. The number of hydrogen-bond donors (Lipinski definition) is 1. The quantitative estimate of drug-likeness (QED) is 0.836. The number of aromatic nitrogens is 2. The summed E-state index contributed by atoms with van der Waals surface area (Å²) in [6, 6.07) is 1.91. The highest BCUT2D eigenvalue weighted by Crippen LogP contribution is 2.21.